The van der Waals surface area contributed by atoms with Gasteiger partial charge in [-0.05, 0) is 37.7 Å². The van der Waals surface area contributed by atoms with Crippen LogP contribution < -0.4 is 4.74 Å². The number of aliphatic hydroxyl groups is 2. The monoisotopic (exact) mass is 278 g/mol. The molecule has 0 aliphatic rings. The van der Waals surface area contributed by atoms with E-state index < -0.39 is 6.10 Å². The molecule has 20 heavy (non-hydrogen) atoms. The smallest absolute Gasteiger partial charge is 0.120 e. The van der Waals surface area contributed by atoms with Gasteiger partial charge in [-0.2, -0.15) is 0 Å². The Bertz CT molecular complexity index is 553. The van der Waals surface area contributed by atoms with E-state index in [-0.39, 0.29) is 13.2 Å². The van der Waals surface area contributed by atoms with E-state index >= 15 is 0 Å². The average molecular weight is 278 g/mol. The molecule has 0 bridgehead atoms. The summed E-state index contributed by atoms with van der Waals surface area (Å²) in [4.78, 5) is 5.05. The Hall–Kier alpha value is -1.56. The fourth-order valence-corrected chi connectivity index (χ4v) is 2.20. The highest BCUT2D eigenvalue weighted by atomic mass is 16.5. The molecule has 1 heterocycles. The van der Waals surface area contributed by atoms with Crippen LogP contribution in [0.15, 0.2) is 24.4 Å². The van der Waals surface area contributed by atoms with E-state index in [0.717, 1.165) is 16.7 Å². The molecule has 0 fully saturated rings. The van der Waals surface area contributed by atoms with Crippen LogP contribution in [0, 0.1) is 6.92 Å². The Kier molecular flexibility index (Phi) is 5.00. The van der Waals surface area contributed by atoms with E-state index in [1.165, 1.54) is 5.56 Å². The quantitative estimate of drug-likeness (QED) is 0.710. The Balaban J connectivity index is 1.90. The summed E-state index contributed by atoms with van der Waals surface area (Å²) in [6.45, 7) is 3.40. The lowest BCUT2D eigenvalue weighted by Crippen LogP contribution is -2.34. The van der Waals surface area contributed by atoms with Crippen molar-refractivity contribution < 1.29 is 14.9 Å². The predicted octanol–water partition coefficient (Wildman–Crippen LogP) is 1.14. The summed E-state index contributed by atoms with van der Waals surface area (Å²) in [5, 5.41) is 19.8. The molecule has 0 aliphatic carbocycles. The minimum absolute atomic E-state index is 0.0908. The standard InChI is InChI=1S/C15H22N2O3/c1-11-8-16-15-4-3-13(7-14(11)15)20-10-12(19)9-17(2)5-6-18/h3-4,7-8,12,16,18-19H,5-6,9-10H2,1-2H3. The SMILES string of the molecule is Cc1c[nH]c2ccc(OCC(O)CN(C)CCO)cc12. The van der Waals surface area contributed by atoms with Gasteiger partial charge >= 0.3 is 0 Å². The van der Waals surface area contributed by atoms with Crippen LogP contribution in [0.5, 0.6) is 5.75 Å². The van der Waals surface area contributed by atoms with Gasteiger partial charge in [0.15, 0.2) is 0 Å². The zero-order valence-corrected chi connectivity index (χ0v) is 12.0. The highest BCUT2D eigenvalue weighted by molar-refractivity contribution is 5.84. The van der Waals surface area contributed by atoms with Gasteiger partial charge < -0.3 is 24.8 Å². The minimum atomic E-state index is -0.574. The van der Waals surface area contributed by atoms with Crippen LogP contribution in [0.3, 0.4) is 0 Å². The molecule has 2 rings (SSSR count). The third kappa shape index (κ3) is 3.72. The number of aromatic nitrogens is 1. The number of nitrogens with one attached hydrogen (secondary N) is 1. The van der Waals surface area contributed by atoms with Gasteiger partial charge in [0.05, 0.1) is 6.61 Å². The normalized spacial score (nSPS) is 13.1. The van der Waals surface area contributed by atoms with E-state index in [1.807, 2.05) is 43.3 Å². The van der Waals surface area contributed by atoms with Crippen molar-refractivity contribution in [2.24, 2.45) is 0 Å². The number of ether oxygens (including phenoxy) is 1. The number of likely N-dealkylation sites (N-methyl/N-ethyl adjacent to an activating group) is 1. The molecule has 3 N–H and O–H groups in total. The lowest BCUT2D eigenvalue weighted by atomic mass is 10.2. The van der Waals surface area contributed by atoms with Gasteiger partial charge in [-0.1, -0.05) is 0 Å². The molecule has 1 unspecified atom stereocenters. The molecule has 2 aromatic rings. The molecule has 1 atom stereocenters. The van der Waals surface area contributed by atoms with Gasteiger partial charge in [0.1, 0.15) is 18.5 Å². The van der Waals surface area contributed by atoms with Gasteiger partial charge in [-0.15, -0.1) is 0 Å². The van der Waals surface area contributed by atoms with Gasteiger partial charge in [0, 0.05) is 30.2 Å². The summed E-state index contributed by atoms with van der Waals surface area (Å²) in [5.41, 5.74) is 2.26. The number of hydrogen-bond donors (Lipinski definition) is 3. The highest BCUT2D eigenvalue weighted by Gasteiger charge is 2.09. The fourth-order valence-electron chi connectivity index (χ4n) is 2.20. The maximum Gasteiger partial charge on any atom is 0.120 e. The summed E-state index contributed by atoms with van der Waals surface area (Å²) in [6, 6.07) is 5.84. The van der Waals surface area contributed by atoms with Crippen molar-refractivity contribution in [3.63, 3.8) is 0 Å². The number of fused-ring (bicyclic) bond motifs is 1. The Morgan fingerprint density at radius 2 is 2.20 bits per heavy atom. The van der Waals surface area contributed by atoms with Crippen molar-refractivity contribution >= 4 is 10.9 Å². The van der Waals surface area contributed by atoms with Crippen LogP contribution in [-0.2, 0) is 0 Å². The molecule has 1 aromatic heterocycles. The molecule has 5 nitrogen and oxygen atoms in total. The maximum atomic E-state index is 9.88. The molecule has 0 spiro atoms. The lowest BCUT2D eigenvalue weighted by molar-refractivity contribution is 0.0711. The number of aromatic amines is 1. The van der Waals surface area contributed by atoms with Crippen molar-refractivity contribution in [1.29, 1.82) is 0 Å². The molecule has 0 amide bonds. The van der Waals surface area contributed by atoms with Crippen LogP contribution in [0.25, 0.3) is 10.9 Å². The second-order valence-corrected chi connectivity index (χ2v) is 5.13. The van der Waals surface area contributed by atoms with E-state index in [9.17, 15) is 5.11 Å². The molecular formula is C15H22N2O3. The first-order valence-corrected chi connectivity index (χ1v) is 6.78. The number of rotatable bonds is 7. The number of H-pyrrole nitrogens is 1. The van der Waals surface area contributed by atoms with E-state index in [0.29, 0.717) is 13.1 Å². The van der Waals surface area contributed by atoms with Gasteiger partial charge in [-0.3, -0.25) is 0 Å². The molecular weight excluding hydrogens is 256 g/mol. The van der Waals surface area contributed by atoms with Gasteiger partial charge in [0.2, 0.25) is 0 Å². The number of benzene rings is 1. The minimum Gasteiger partial charge on any atom is -0.491 e. The van der Waals surface area contributed by atoms with Gasteiger partial charge in [0.25, 0.3) is 0 Å². The molecule has 0 radical (unpaired) electrons. The number of aryl methyl sites for hydroxylation is 1. The Morgan fingerprint density at radius 1 is 1.40 bits per heavy atom. The van der Waals surface area contributed by atoms with Crippen molar-refractivity contribution in [2.75, 3.05) is 33.4 Å². The molecule has 5 heteroatoms. The van der Waals surface area contributed by atoms with Crippen LogP contribution in [0.1, 0.15) is 5.56 Å². The molecule has 0 aliphatic heterocycles. The summed E-state index contributed by atoms with van der Waals surface area (Å²) in [6.07, 6.45) is 1.39. The Labute approximate surface area is 118 Å². The number of hydrogen-bond acceptors (Lipinski definition) is 4. The van der Waals surface area contributed by atoms with E-state index in [4.69, 9.17) is 9.84 Å². The van der Waals surface area contributed by atoms with Crippen LogP contribution in [0.4, 0.5) is 0 Å². The first kappa shape index (κ1) is 14.8. The van der Waals surface area contributed by atoms with Crippen LogP contribution in [-0.4, -0.2) is 59.6 Å². The zero-order chi connectivity index (χ0) is 14.5. The Morgan fingerprint density at radius 3 is 2.95 bits per heavy atom. The van der Waals surface area contributed by atoms with Crippen molar-refractivity contribution in [1.82, 2.24) is 9.88 Å². The second-order valence-electron chi connectivity index (χ2n) is 5.13. The van der Waals surface area contributed by atoms with Gasteiger partial charge in [-0.25, -0.2) is 0 Å². The lowest BCUT2D eigenvalue weighted by Gasteiger charge is -2.19. The highest BCUT2D eigenvalue weighted by Crippen LogP contribution is 2.23. The summed E-state index contributed by atoms with van der Waals surface area (Å²) in [7, 11) is 1.86. The topological polar surface area (TPSA) is 68.7 Å². The second kappa shape index (κ2) is 6.74. The zero-order valence-electron chi connectivity index (χ0n) is 12.0. The van der Waals surface area contributed by atoms with Crippen molar-refractivity contribution in [2.45, 2.75) is 13.0 Å². The number of nitrogens with zero attached hydrogens (tertiary/aromatic N) is 1. The first-order chi connectivity index (χ1) is 9.60. The van der Waals surface area contributed by atoms with Crippen molar-refractivity contribution in [3.05, 3.63) is 30.0 Å². The third-order valence-corrected chi connectivity index (χ3v) is 3.31. The molecule has 0 saturated heterocycles. The van der Waals surface area contributed by atoms with Crippen LogP contribution >= 0.6 is 0 Å². The average Bonchev–Trinajstić information content (AvgIpc) is 2.78. The largest absolute Gasteiger partial charge is 0.491 e. The van der Waals surface area contributed by atoms with Crippen molar-refractivity contribution in [3.8, 4) is 5.75 Å². The fraction of sp³-hybridized carbons (Fsp3) is 0.467. The van der Waals surface area contributed by atoms with E-state index in [2.05, 4.69) is 4.98 Å². The summed E-state index contributed by atoms with van der Waals surface area (Å²) < 4.78 is 5.63. The molecule has 110 valence electrons. The molecule has 0 saturated carbocycles. The summed E-state index contributed by atoms with van der Waals surface area (Å²) in [5.74, 6) is 0.754. The van der Waals surface area contributed by atoms with E-state index in [1.54, 1.807) is 0 Å². The number of aliphatic hydroxyl groups excluding tert-OH is 2. The third-order valence-electron chi connectivity index (χ3n) is 3.31. The first-order valence-electron chi connectivity index (χ1n) is 6.78. The van der Waals surface area contributed by atoms with Crippen LogP contribution in [0.2, 0.25) is 0 Å². The maximum absolute atomic E-state index is 9.88. The molecule has 1 aromatic carbocycles. The predicted molar refractivity (Wildman–Crippen MR) is 79.1 cm³/mol. The summed E-state index contributed by atoms with van der Waals surface area (Å²) >= 11 is 0.